The Labute approximate surface area is 83.9 Å². The second-order valence-corrected chi connectivity index (χ2v) is 3.30. The Morgan fingerprint density at radius 2 is 2.00 bits per heavy atom. The molecule has 0 saturated carbocycles. The largest absolute Gasteiger partial charge is 0.329 e. The molecule has 3 nitrogen and oxygen atoms in total. The fourth-order valence-electron chi connectivity index (χ4n) is 1.06. The topological polar surface area (TPSA) is 52.5 Å². The average Bonchev–Trinajstić information content (AvgIpc) is 2.48. The Morgan fingerprint density at radius 3 is 2.69 bits per heavy atom. The van der Waals surface area contributed by atoms with E-state index in [-0.39, 0.29) is 5.82 Å². The number of aromatic amines is 1. The van der Waals surface area contributed by atoms with Crippen LogP contribution < -0.4 is 0 Å². The highest BCUT2D eigenvalue weighted by Crippen LogP contribution is 2.26. The molecule has 0 bridgehead atoms. The fraction of sp³-hybridized carbons (Fsp3) is 0. The number of nitrogens with one attached hydrogen (secondary N) is 1. The molecule has 0 aliphatic rings. The lowest BCUT2D eigenvalue weighted by atomic mass is 10.3. The summed E-state index contributed by atoms with van der Waals surface area (Å²) in [7, 11) is 0. The van der Waals surface area contributed by atoms with Gasteiger partial charge in [-0.1, -0.05) is 23.2 Å². The lowest BCUT2D eigenvalue weighted by molar-refractivity contribution is 1.25. The van der Waals surface area contributed by atoms with Gasteiger partial charge in [-0.15, -0.1) is 0 Å². The number of benzene rings is 1. The molecule has 0 saturated heterocycles. The van der Waals surface area contributed by atoms with E-state index in [9.17, 15) is 0 Å². The van der Waals surface area contributed by atoms with E-state index in [1.54, 1.807) is 12.1 Å². The zero-order valence-electron chi connectivity index (χ0n) is 6.31. The minimum absolute atomic E-state index is 0.258. The number of fused-ring (bicyclic) bond motifs is 1. The first kappa shape index (κ1) is 8.36. The molecule has 0 radical (unpaired) electrons. The van der Waals surface area contributed by atoms with E-state index in [4.69, 9.17) is 28.5 Å². The summed E-state index contributed by atoms with van der Waals surface area (Å²) in [6.45, 7) is 0. The van der Waals surface area contributed by atoms with Crippen molar-refractivity contribution in [2.24, 2.45) is 0 Å². The Hall–Kier alpha value is -1.24. The van der Waals surface area contributed by atoms with Crippen LogP contribution in [0.4, 0.5) is 0 Å². The number of H-pyrrole nitrogens is 1. The Bertz CT molecular complexity index is 471. The van der Waals surface area contributed by atoms with Crippen LogP contribution in [0, 0.1) is 11.3 Å². The van der Waals surface area contributed by atoms with E-state index >= 15 is 0 Å². The predicted molar refractivity (Wildman–Crippen MR) is 50.8 cm³/mol. The maximum Gasteiger partial charge on any atom is 0.211 e. The summed E-state index contributed by atoms with van der Waals surface area (Å²) in [5.74, 6) is 0.258. The molecule has 2 rings (SSSR count). The van der Waals surface area contributed by atoms with Gasteiger partial charge < -0.3 is 4.98 Å². The van der Waals surface area contributed by atoms with Crippen LogP contribution >= 0.6 is 23.2 Å². The molecule has 13 heavy (non-hydrogen) atoms. The van der Waals surface area contributed by atoms with Crippen LogP contribution in [0.1, 0.15) is 5.82 Å². The van der Waals surface area contributed by atoms with E-state index < -0.39 is 0 Å². The van der Waals surface area contributed by atoms with Crippen molar-refractivity contribution < 1.29 is 0 Å². The number of nitrogens with zero attached hydrogens (tertiary/aromatic N) is 2. The number of hydrogen-bond acceptors (Lipinski definition) is 2. The molecular formula is C8H3Cl2N3. The normalized spacial score (nSPS) is 10.2. The van der Waals surface area contributed by atoms with Crippen molar-refractivity contribution in [2.45, 2.75) is 0 Å². The van der Waals surface area contributed by atoms with Crippen molar-refractivity contribution in [3.63, 3.8) is 0 Å². The van der Waals surface area contributed by atoms with Gasteiger partial charge in [-0.05, 0) is 12.1 Å². The first-order valence-corrected chi connectivity index (χ1v) is 4.21. The zero-order chi connectivity index (χ0) is 9.42. The summed E-state index contributed by atoms with van der Waals surface area (Å²) >= 11 is 11.5. The van der Waals surface area contributed by atoms with E-state index in [2.05, 4.69) is 9.97 Å². The SMILES string of the molecule is N#Cc1nc2cc(Cl)c(Cl)cc2[nH]1. The molecule has 1 aromatic carbocycles. The second kappa shape index (κ2) is 2.91. The molecule has 1 aromatic heterocycles. The standard InChI is InChI=1S/C8H3Cl2N3/c9-4-1-6-7(2-5(4)10)13-8(3-11)12-6/h1-2H,(H,12,13). The minimum Gasteiger partial charge on any atom is -0.329 e. The number of nitriles is 1. The zero-order valence-corrected chi connectivity index (χ0v) is 7.82. The number of aromatic nitrogens is 2. The van der Waals surface area contributed by atoms with Gasteiger partial charge in [0.05, 0.1) is 21.1 Å². The van der Waals surface area contributed by atoms with Gasteiger partial charge >= 0.3 is 0 Å². The van der Waals surface area contributed by atoms with Gasteiger partial charge in [-0.3, -0.25) is 0 Å². The van der Waals surface area contributed by atoms with Crippen molar-refractivity contribution >= 4 is 34.2 Å². The number of rotatable bonds is 0. The second-order valence-electron chi connectivity index (χ2n) is 2.48. The third kappa shape index (κ3) is 1.35. The van der Waals surface area contributed by atoms with Gasteiger partial charge in [0.2, 0.25) is 5.82 Å². The summed E-state index contributed by atoms with van der Waals surface area (Å²) < 4.78 is 0. The molecule has 0 aliphatic carbocycles. The maximum absolute atomic E-state index is 8.57. The van der Waals surface area contributed by atoms with E-state index in [1.165, 1.54) is 0 Å². The summed E-state index contributed by atoms with van der Waals surface area (Å²) in [6, 6.07) is 5.17. The summed E-state index contributed by atoms with van der Waals surface area (Å²) in [6.07, 6.45) is 0. The summed E-state index contributed by atoms with van der Waals surface area (Å²) in [5.41, 5.74) is 1.36. The van der Waals surface area contributed by atoms with Crippen LogP contribution in [-0.4, -0.2) is 9.97 Å². The van der Waals surface area contributed by atoms with E-state index in [0.717, 1.165) is 0 Å². The Balaban J connectivity index is 2.79. The molecule has 0 amide bonds. The molecule has 1 heterocycles. The molecule has 5 heteroatoms. The van der Waals surface area contributed by atoms with Crippen molar-refractivity contribution in [2.75, 3.05) is 0 Å². The quantitative estimate of drug-likeness (QED) is 0.729. The average molecular weight is 212 g/mol. The van der Waals surface area contributed by atoms with Crippen molar-refractivity contribution in [3.05, 3.63) is 28.0 Å². The van der Waals surface area contributed by atoms with Gasteiger partial charge in [-0.2, -0.15) is 5.26 Å². The van der Waals surface area contributed by atoms with Crippen LogP contribution in [0.15, 0.2) is 12.1 Å². The van der Waals surface area contributed by atoms with Gasteiger partial charge in [-0.25, -0.2) is 4.98 Å². The molecule has 0 spiro atoms. The highest BCUT2D eigenvalue weighted by Gasteiger charge is 2.05. The lowest BCUT2D eigenvalue weighted by Gasteiger charge is -1.92. The molecule has 0 aliphatic heterocycles. The van der Waals surface area contributed by atoms with Crippen molar-refractivity contribution in [1.82, 2.24) is 9.97 Å². The lowest BCUT2D eigenvalue weighted by Crippen LogP contribution is -1.71. The van der Waals surface area contributed by atoms with Gasteiger partial charge in [0, 0.05) is 0 Å². The number of hydrogen-bond donors (Lipinski definition) is 1. The van der Waals surface area contributed by atoms with Gasteiger partial charge in [0.25, 0.3) is 0 Å². The van der Waals surface area contributed by atoms with Crippen LogP contribution in [0.2, 0.25) is 10.0 Å². The maximum atomic E-state index is 8.57. The van der Waals surface area contributed by atoms with E-state index in [0.29, 0.717) is 21.1 Å². The highest BCUT2D eigenvalue weighted by molar-refractivity contribution is 6.42. The molecule has 0 unspecified atom stereocenters. The molecule has 1 N–H and O–H groups in total. The van der Waals surface area contributed by atoms with Crippen LogP contribution in [0.25, 0.3) is 11.0 Å². The molecule has 0 fully saturated rings. The monoisotopic (exact) mass is 211 g/mol. The third-order valence-corrected chi connectivity index (χ3v) is 2.35. The molecule has 2 aromatic rings. The Kier molecular flexibility index (Phi) is 1.87. The molecular weight excluding hydrogens is 209 g/mol. The van der Waals surface area contributed by atoms with Crippen LogP contribution in [0.5, 0.6) is 0 Å². The molecule has 64 valence electrons. The Morgan fingerprint density at radius 1 is 1.31 bits per heavy atom. The van der Waals surface area contributed by atoms with E-state index in [1.807, 2.05) is 6.07 Å². The predicted octanol–water partition coefficient (Wildman–Crippen LogP) is 2.74. The highest BCUT2D eigenvalue weighted by atomic mass is 35.5. The molecule has 0 atom stereocenters. The number of imidazole rings is 1. The first-order chi connectivity index (χ1) is 6.20. The minimum atomic E-state index is 0.258. The van der Waals surface area contributed by atoms with Gasteiger partial charge in [0.1, 0.15) is 6.07 Å². The number of halogens is 2. The fourth-order valence-corrected chi connectivity index (χ4v) is 1.38. The van der Waals surface area contributed by atoms with Crippen LogP contribution in [0.3, 0.4) is 0 Å². The summed E-state index contributed by atoms with van der Waals surface area (Å²) in [5, 5.41) is 9.45. The third-order valence-electron chi connectivity index (χ3n) is 1.63. The van der Waals surface area contributed by atoms with Crippen molar-refractivity contribution in [3.8, 4) is 6.07 Å². The summed E-state index contributed by atoms with van der Waals surface area (Å²) in [4.78, 5) is 6.77. The van der Waals surface area contributed by atoms with Crippen LogP contribution in [-0.2, 0) is 0 Å². The first-order valence-electron chi connectivity index (χ1n) is 3.45. The van der Waals surface area contributed by atoms with Crippen molar-refractivity contribution in [1.29, 1.82) is 5.26 Å². The smallest absolute Gasteiger partial charge is 0.211 e. The van der Waals surface area contributed by atoms with Gasteiger partial charge in [0.15, 0.2) is 0 Å².